The molecule has 2 heterocycles. The third kappa shape index (κ3) is 5.46. The zero-order chi connectivity index (χ0) is 28.6. The number of ether oxygens (including phenoxy) is 1. The molecular formula is C32H28ClN3O4S. The molecule has 5 aromatic rings. The highest BCUT2D eigenvalue weighted by molar-refractivity contribution is 7.89. The zero-order valence-electron chi connectivity index (χ0n) is 22.1. The van der Waals surface area contributed by atoms with Gasteiger partial charge < -0.3 is 15.5 Å². The van der Waals surface area contributed by atoms with E-state index in [0.717, 1.165) is 22.1 Å². The molecule has 4 aromatic carbocycles. The lowest BCUT2D eigenvalue weighted by Crippen LogP contribution is -2.37. The number of amides is 1. The van der Waals surface area contributed by atoms with Crippen LogP contribution in [0.25, 0.3) is 22.0 Å². The van der Waals surface area contributed by atoms with Crippen LogP contribution in [0.15, 0.2) is 102 Å². The van der Waals surface area contributed by atoms with Crippen molar-refractivity contribution in [3.05, 3.63) is 113 Å². The fourth-order valence-electron chi connectivity index (χ4n) is 5.48. The average Bonchev–Trinajstić information content (AvgIpc) is 3.42. The lowest BCUT2D eigenvalue weighted by atomic mass is 9.88. The van der Waals surface area contributed by atoms with Crippen molar-refractivity contribution in [2.45, 2.75) is 23.7 Å². The molecule has 9 heteroatoms. The van der Waals surface area contributed by atoms with Gasteiger partial charge in [-0.05, 0) is 84.0 Å². The van der Waals surface area contributed by atoms with Crippen molar-refractivity contribution in [2.75, 3.05) is 13.1 Å². The minimum Gasteiger partial charge on any atom is -0.457 e. The number of aromatic nitrogens is 1. The molecule has 1 aliphatic rings. The van der Waals surface area contributed by atoms with Gasteiger partial charge >= 0.3 is 0 Å². The highest BCUT2D eigenvalue weighted by Gasteiger charge is 2.31. The number of primary amides is 1. The number of sulfonamides is 1. The fourth-order valence-corrected chi connectivity index (χ4v) is 7.11. The molecule has 0 bridgehead atoms. The summed E-state index contributed by atoms with van der Waals surface area (Å²) in [6.45, 7) is 0.756. The van der Waals surface area contributed by atoms with E-state index in [2.05, 4.69) is 11.1 Å². The minimum atomic E-state index is -3.72. The molecule has 41 heavy (non-hydrogen) atoms. The van der Waals surface area contributed by atoms with Crippen molar-refractivity contribution in [1.29, 1.82) is 0 Å². The second kappa shape index (κ2) is 11.0. The maximum atomic E-state index is 13.6. The molecule has 0 aliphatic carbocycles. The number of nitrogens with two attached hydrogens (primary N) is 1. The summed E-state index contributed by atoms with van der Waals surface area (Å²) in [7, 11) is -3.72. The maximum absolute atomic E-state index is 13.6. The lowest BCUT2D eigenvalue weighted by Gasteiger charge is -2.31. The Balaban J connectivity index is 1.22. The monoisotopic (exact) mass is 585 g/mol. The van der Waals surface area contributed by atoms with Crippen molar-refractivity contribution < 1.29 is 17.9 Å². The van der Waals surface area contributed by atoms with Gasteiger partial charge in [0.1, 0.15) is 11.5 Å². The predicted octanol–water partition coefficient (Wildman–Crippen LogP) is 6.95. The van der Waals surface area contributed by atoms with Gasteiger partial charge in [-0.15, -0.1) is 0 Å². The number of carbonyl (C=O) groups is 1. The highest BCUT2D eigenvalue weighted by Crippen LogP contribution is 2.38. The van der Waals surface area contributed by atoms with Crippen LogP contribution in [0.3, 0.4) is 0 Å². The Bertz CT molecular complexity index is 1830. The summed E-state index contributed by atoms with van der Waals surface area (Å²) in [5.74, 6) is 0.630. The van der Waals surface area contributed by atoms with Crippen LogP contribution in [0, 0.1) is 0 Å². The van der Waals surface area contributed by atoms with Gasteiger partial charge in [-0.2, -0.15) is 4.31 Å². The first-order valence-electron chi connectivity index (χ1n) is 13.3. The predicted molar refractivity (Wildman–Crippen MR) is 161 cm³/mol. The van der Waals surface area contributed by atoms with Crippen molar-refractivity contribution >= 4 is 38.4 Å². The Morgan fingerprint density at radius 1 is 0.878 bits per heavy atom. The van der Waals surface area contributed by atoms with E-state index in [9.17, 15) is 13.2 Å². The van der Waals surface area contributed by atoms with Crippen LogP contribution in [0.1, 0.15) is 34.7 Å². The van der Waals surface area contributed by atoms with Gasteiger partial charge in [0.05, 0.1) is 16.0 Å². The van der Waals surface area contributed by atoms with Gasteiger partial charge in [0.15, 0.2) is 0 Å². The first kappa shape index (κ1) is 27.1. The fraction of sp³-hybridized carbons (Fsp3) is 0.156. The average molecular weight is 586 g/mol. The number of hydrogen-bond acceptors (Lipinski definition) is 4. The molecule has 1 amide bonds. The van der Waals surface area contributed by atoms with Gasteiger partial charge in [0.25, 0.3) is 5.91 Å². The first-order valence-corrected chi connectivity index (χ1v) is 15.2. The molecule has 0 saturated carbocycles. The molecule has 0 atom stereocenters. The van der Waals surface area contributed by atoms with Crippen LogP contribution in [-0.2, 0) is 10.0 Å². The van der Waals surface area contributed by atoms with Crippen LogP contribution in [0.2, 0.25) is 5.02 Å². The number of benzene rings is 4. The summed E-state index contributed by atoms with van der Waals surface area (Å²) in [5, 5.41) is 1.53. The van der Waals surface area contributed by atoms with E-state index in [1.165, 1.54) is 4.31 Å². The van der Waals surface area contributed by atoms with Crippen molar-refractivity contribution in [1.82, 2.24) is 9.29 Å². The Labute approximate surface area is 243 Å². The van der Waals surface area contributed by atoms with E-state index in [0.29, 0.717) is 53.5 Å². The van der Waals surface area contributed by atoms with Gasteiger partial charge in [-0.3, -0.25) is 4.79 Å². The van der Waals surface area contributed by atoms with E-state index < -0.39 is 15.9 Å². The molecule has 0 spiro atoms. The standard InChI is InChI=1S/C32H28ClN3O4S/c33-24-9-11-25(12-10-24)40-26-7-4-8-27(19-26)41(38,39)36-15-13-22(14-16-36)30-20-35-31-28(30)17-23(18-29(31)32(34)37)21-5-2-1-3-6-21/h1-12,17-20,22,35H,13-16H2,(H2,34,37). The zero-order valence-corrected chi connectivity index (χ0v) is 23.7. The largest absolute Gasteiger partial charge is 0.457 e. The molecular weight excluding hydrogens is 558 g/mol. The molecule has 3 N–H and O–H groups in total. The van der Waals surface area contributed by atoms with Crippen LogP contribution in [0.5, 0.6) is 11.5 Å². The van der Waals surface area contributed by atoms with Crippen molar-refractivity contribution in [2.24, 2.45) is 5.73 Å². The molecule has 1 aromatic heterocycles. The van der Waals surface area contributed by atoms with Gasteiger partial charge in [-0.1, -0.05) is 48.0 Å². The molecule has 0 radical (unpaired) electrons. The second-order valence-electron chi connectivity index (χ2n) is 10.1. The number of aromatic amines is 1. The van der Waals surface area contributed by atoms with Gasteiger partial charge in [0.2, 0.25) is 10.0 Å². The SMILES string of the molecule is NC(=O)c1cc(-c2ccccc2)cc2c(C3CCN(S(=O)(=O)c4cccc(Oc5ccc(Cl)cc5)c4)CC3)c[nH]c12. The molecule has 1 saturated heterocycles. The summed E-state index contributed by atoms with van der Waals surface area (Å²) >= 11 is 5.95. The molecule has 1 fully saturated rings. The maximum Gasteiger partial charge on any atom is 0.250 e. The van der Waals surface area contributed by atoms with Gasteiger partial charge in [-0.25, -0.2) is 8.42 Å². The lowest BCUT2D eigenvalue weighted by molar-refractivity contribution is 0.100. The number of rotatable bonds is 7. The first-order chi connectivity index (χ1) is 19.8. The topological polar surface area (TPSA) is 105 Å². The normalized spacial score (nSPS) is 14.8. The number of H-pyrrole nitrogens is 1. The van der Waals surface area contributed by atoms with Crippen LogP contribution in [0.4, 0.5) is 0 Å². The van der Waals surface area contributed by atoms with Crippen LogP contribution in [-0.4, -0.2) is 36.7 Å². The summed E-state index contributed by atoms with van der Waals surface area (Å²) < 4.78 is 34.5. The quantitative estimate of drug-likeness (QED) is 0.216. The second-order valence-corrected chi connectivity index (χ2v) is 12.5. The number of fused-ring (bicyclic) bond motifs is 1. The Morgan fingerprint density at radius 3 is 2.32 bits per heavy atom. The van der Waals surface area contributed by atoms with E-state index in [1.54, 1.807) is 48.5 Å². The smallest absolute Gasteiger partial charge is 0.250 e. The Morgan fingerprint density at radius 2 is 1.61 bits per heavy atom. The number of hydrogen-bond donors (Lipinski definition) is 2. The summed E-state index contributed by atoms with van der Waals surface area (Å²) in [5.41, 5.74) is 9.86. The molecule has 1 aliphatic heterocycles. The van der Waals surface area contributed by atoms with E-state index >= 15 is 0 Å². The molecule has 0 unspecified atom stereocenters. The molecule has 6 rings (SSSR count). The summed E-state index contributed by atoms with van der Waals surface area (Å²) in [6.07, 6.45) is 3.22. The number of nitrogens with zero attached hydrogens (tertiary/aromatic N) is 1. The third-order valence-corrected chi connectivity index (χ3v) is 9.73. The Kier molecular flexibility index (Phi) is 7.30. The number of nitrogens with one attached hydrogen (secondary N) is 1. The summed E-state index contributed by atoms with van der Waals surface area (Å²) in [4.78, 5) is 15.8. The van der Waals surface area contributed by atoms with E-state index in [4.69, 9.17) is 22.1 Å². The minimum absolute atomic E-state index is 0.126. The highest BCUT2D eigenvalue weighted by atomic mass is 35.5. The number of carbonyl (C=O) groups excluding carboxylic acids is 1. The van der Waals surface area contributed by atoms with Crippen molar-refractivity contribution in [3.8, 4) is 22.6 Å². The molecule has 7 nitrogen and oxygen atoms in total. The van der Waals surface area contributed by atoms with E-state index in [-0.39, 0.29) is 10.8 Å². The number of piperidine rings is 1. The Hall–Kier alpha value is -4.11. The van der Waals surface area contributed by atoms with Crippen LogP contribution < -0.4 is 10.5 Å². The summed E-state index contributed by atoms with van der Waals surface area (Å²) in [6, 6.07) is 27.2. The number of halogens is 1. The van der Waals surface area contributed by atoms with Crippen molar-refractivity contribution in [3.63, 3.8) is 0 Å². The van der Waals surface area contributed by atoms with E-state index in [1.807, 2.05) is 42.6 Å². The third-order valence-electron chi connectivity index (χ3n) is 7.58. The molecule has 208 valence electrons. The van der Waals surface area contributed by atoms with Crippen LogP contribution >= 0.6 is 11.6 Å². The van der Waals surface area contributed by atoms with Gasteiger partial charge in [0, 0.05) is 35.8 Å².